The summed E-state index contributed by atoms with van der Waals surface area (Å²) in [7, 11) is 0. The fourth-order valence-corrected chi connectivity index (χ4v) is 3.58. The van der Waals surface area contributed by atoms with Gasteiger partial charge < -0.3 is 19.7 Å². The number of carbonyl (C=O) groups excluding carboxylic acids is 2. The van der Waals surface area contributed by atoms with Gasteiger partial charge in [-0.3, -0.25) is 9.59 Å². The van der Waals surface area contributed by atoms with Crippen LogP contribution in [-0.2, 0) is 9.59 Å². The Morgan fingerprint density at radius 3 is 2.79 bits per heavy atom. The van der Waals surface area contributed by atoms with Crippen molar-refractivity contribution in [2.24, 2.45) is 5.92 Å². The highest BCUT2D eigenvalue weighted by Crippen LogP contribution is 2.31. The predicted octanol–water partition coefficient (Wildman–Crippen LogP) is 2.41. The third-order valence-electron chi connectivity index (χ3n) is 5.03. The molecular formula is C21H23N3O4. The monoisotopic (exact) mass is 381 g/mol. The Kier molecular flexibility index (Phi) is 5.14. The summed E-state index contributed by atoms with van der Waals surface area (Å²) in [4.78, 5) is 31.6. The van der Waals surface area contributed by atoms with Crippen LogP contribution in [0.25, 0.3) is 0 Å². The molecule has 0 unspecified atom stereocenters. The van der Waals surface area contributed by atoms with Crippen LogP contribution in [0.3, 0.4) is 0 Å². The molecule has 3 heterocycles. The number of carbonyl (C=O) groups is 2. The minimum atomic E-state index is -0.685. The molecule has 0 bridgehead atoms. The summed E-state index contributed by atoms with van der Waals surface area (Å²) in [6.45, 7) is 3.04. The SMILES string of the molecule is Cc1cccc(NC(=O)[C@H]2CCCN(C(=O)[C@H]3COc4ccccc4O3)C2)n1. The molecule has 7 nitrogen and oxygen atoms in total. The highest BCUT2D eigenvalue weighted by molar-refractivity contribution is 5.92. The lowest BCUT2D eigenvalue weighted by Crippen LogP contribution is -2.51. The van der Waals surface area contributed by atoms with Gasteiger partial charge in [0.1, 0.15) is 12.4 Å². The average Bonchev–Trinajstić information content (AvgIpc) is 2.73. The lowest BCUT2D eigenvalue weighted by molar-refractivity contribution is -0.143. The molecule has 146 valence electrons. The zero-order valence-corrected chi connectivity index (χ0v) is 15.8. The fraction of sp³-hybridized carbons (Fsp3) is 0.381. The second kappa shape index (κ2) is 7.88. The van der Waals surface area contributed by atoms with Gasteiger partial charge in [0.05, 0.1) is 5.92 Å². The Hall–Kier alpha value is -3.09. The van der Waals surface area contributed by atoms with E-state index in [0.717, 1.165) is 18.5 Å². The molecular weight excluding hydrogens is 358 g/mol. The van der Waals surface area contributed by atoms with Crippen molar-refractivity contribution in [3.8, 4) is 11.5 Å². The van der Waals surface area contributed by atoms with E-state index in [1.165, 1.54) is 0 Å². The molecule has 28 heavy (non-hydrogen) atoms. The summed E-state index contributed by atoms with van der Waals surface area (Å²) in [6, 6.07) is 12.8. The standard InChI is InChI=1S/C21H23N3O4/c1-14-6-4-10-19(22-14)23-20(25)15-7-5-11-24(12-15)21(26)18-13-27-16-8-2-3-9-17(16)28-18/h2-4,6,8-10,15,18H,5,7,11-13H2,1H3,(H,22,23,25)/t15-,18+/m0/s1. The normalized spacial score (nSPS) is 21.1. The van der Waals surface area contributed by atoms with Crippen LogP contribution in [0.2, 0.25) is 0 Å². The number of nitrogens with zero attached hydrogens (tertiary/aromatic N) is 2. The molecule has 7 heteroatoms. The molecule has 0 spiro atoms. The quantitative estimate of drug-likeness (QED) is 0.883. The number of pyridine rings is 1. The first kappa shape index (κ1) is 18.3. The molecule has 1 N–H and O–H groups in total. The lowest BCUT2D eigenvalue weighted by Gasteiger charge is -2.35. The van der Waals surface area contributed by atoms with Gasteiger partial charge in [-0.05, 0) is 44.0 Å². The summed E-state index contributed by atoms with van der Waals surface area (Å²) in [6.07, 6.45) is 0.830. The molecule has 1 saturated heterocycles. The second-order valence-electron chi connectivity index (χ2n) is 7.14. The van der Waals surface area contributed by atoms with Crippen molar-refractivity contribution in [1.29, 1.82) is 0 Å². The number of hydrogen-bond acceptors (Lipinski definition) is 5. The average molecular weight is 381 g/mol. The van der Waals surface area contributed by atoms with Gasteiger partial charge in [-0.1, -0.05) is 18.2 Å². The topological polar surface area (TPSA) is 80.8 Å². The van der Waals surface area contributed by atoms with E-state index >= 15 is 0 Å². The van der Waals surface area contributed by atoms with Crippen molar-refractivity contribution < 1.29 is 19.1 Å². The van der Waals surface area contributed by atoms with E-state index in [0.29, 0.717) is 30.4 Å². The Labute approximate surface area is 163 Å². The number of benzene rings is 1. The van der Waals surface area contributed by atoms with Crippen molar-refractivity contribution in [3.05, 3.63) is 48.2 Å². The lowest BCUT2D eigenvalue weighted by atomic mass is 9.96. The molecule has 0 saturated carbocycles. The van der Waals surface area contributed by atoms with Crippen LogP contribution in [0, 0.1) is 12.8 Å². The van der Waals surface area contributed by atoms with Crippen LogP contribution >= 0.6 is 0 Å². The van der Waals surface area contributed by atoms with Crippen molar-refractivity contribution >= 4 is 17.6 Å². The molecule has 1 fully saturated rings. The third-order valence-corrected chi connectivity index (χ3v) is 5.03. The smallest absolute Gasteiger partial charge is 0.267 e. The van der Waals surface area contributed by atoms with E-state index in [1.54, 1.807) is 17.0 Å². The molecule has 4 rings (SSSR count). The molecule has 2 aliphatic heterocycles. The highest BCUT2D eigenvalue weighted by Gasteiger charge is 2.35. The first-order valence-corrected chi connectivity index (χ1v) is 9.52. The maximum Gasteiger partial charge on any atom is 0.267 e. The summed E-state index contributed by atoms with van der Waals surface area (Å²) in [5.74, 6) is 1.24. The first-order chi connectivity index (χ1) is 13.6. The van der Waals surface area contributed by atoms with Gasteiger partial charge in [-0.25, -0.2) is 4.98 Å². The number of anilines is 1. The maximum atomic E-state index is 12.9. The van der Waals surface area contributed by atoms with Gasteiger partial charge in [-0.15, -0.1) is 0 Å². The van der Waals surface area contributed by atoms with Crippen LogP contribution < -0.4 is 14.8 Å². The summed E-state index contributed by atoms with van der Waals surface area (Å²) in [5, 5.41) is 2.86. The molecule has 2 atom stereocenters. The van der Waals surface area contributed by atoms with Crippen molar-refractivity contribution in [3.63, 3.8) is 0 Å². The molecule has 2 amide bonds. The zero-order chi connectivity index (χ0) is 19.5. The number of hydrogen-bond donors (Lipinski definition) is 1. The predicted molar refractivity (Wildman–Crippen MR) is 103 cm³/mol. The Bertz CT molecular complexity index is 885. The van der Waals surface area contributed by atoms with Crippen LogP contribution in [0.15, 0.2) is 42.5 Å². The van der Waals surface area contributed by atoms with Crippen LogP contribution in [0.5, 0.6) is 11.5 Å². The van der Waals surface area contributed by atoms with E-state index in [1.807, 2.05) is 37.3 Å². The number of fused-ring (bicyclic) bond motifs is 1. The number of aryl methyl sites for hydroxylation is 1. The van der Waals surface area contributed by atoms with Gasteiger partial charge in [0.15, 0.2) is 11.5 Å². The minimum Gasteiger partial charge on any atom is -0.485 e. The molecule has 0 aliphatic carbocycles. The minimum absolute atomic E-state index is 0.109. The van der Waals surface area contributed by atoms with Crippen molar-refractivity contribution in [2.45, 2.75) is 25.9 Å². The molecule has 1 aromatic heterocycles. The van der Waals surface area contributed by atoms with Crippen molar-refractivity contribution in [2.75, 3.05) is 25.0 Å². The summed E-state index contributed by atoms with van der Waals surface area (Å²) in [5.41, 5.74) is 0.841. The van der Waals surface area contributed by atoms with Crippen LogP contribution in [0.1, 0.15) is 18.5 Å². The number of piperidine rings is 1. The number of para-hydroxylation sites is 2. The van der Waals surface area contributed by atoms with Crippen LogP contribution in [0.4, 0.5) is 5.82 Å². The summed E-state index contributed by atoms with van der Waals surface area (Å²) < 4.78 is 11.5. The fourth-order valence-electron chi connectivity index (χ4n) is 3.58. The second-order valence-corrected chi connectivity index (χ2v) is 7.14. The zero-order valence-electron chi connectivity index (χ0n) is 15.8. The third kappa shape index (κ3) is 3.93. The highest BCUT2D eigenvalue weighted by atomic mass is 16.6. The van der Waals surface area contributed by atoms with E-state index in [9.17, 15) is 9.59 Å². The molecule has 0 radical (unpaired) electrons. The number of nitrogens with one attached hydrogen (secondary N) is 1. The van der Waals surface area contributed by atoms with Crippen molar-refractivity contribution in [1.82, 2.24) is 9.88 Å². The van der Waals surface area contributed by atoms with E-state index in [4.69, 9.17) is 9.47 Å². The Balaban J connectivity index is 1.38. The molecule has 2 aliphatic rings. The van der Waals surface area contributed by atoms with E-state index in [2.05, 4.69) is 10.3 Å². The van der Waals surface area contributed by atoms with Gasteiger partial charge in [0.25, 0.3) is 5.91 Å². The molecule has 1 aromatic carbocycles. The van der Waals surface area contributed by atoms with Gasteiger partial charge in [0.2, 0.25) is 12.0 Å². The number of amides is 2. The van der Waals surface area contributed by atoms with E-state index in [-0.39, 0.29) is 24.3 Å². The largest absolute Gasteiger partial charge is 0.485 e. The Morgan fingerprint density at radius 2 is 1.96 bits per heavy atom. The van der Waals surface area contributed by atoms with E-state index < -0.39 is 6.10 Å². The molecule has 2 aromatic rings. The van der Waals surface area contributed by atoms with Gasteiger partial charge in [0, 0.05) is 18.8 Å². The number of rotatable bonds is 3. The maximum absolute atomic E-state index is 12.9. The van der Waals surface area contributed by atoms with Gasteiger partial charge in [-0.2, -0.15) is 0 Å². The number of likely N-dealkylation sites (tertiary alicyclic amines) is 1. The number of ether oxygens (including phenoxy) is 2. The van der Waals surface area contributed by atoms with Gasteiger partial charge >= 0.3 is 0 Å². The van der Waals surface area contributed by atoms with Crippen LogP contribution in [-0.4, -0.2) is 47.5 Å². The number of aromatic nitrogens is 1. The summed E-state index contributed by atoms with van der Waals surface area (Å²) >= 11 is 0. The Morgan fingerprint density at radius 1 is 1.14 bits per heavy atom. The first-order valence-electron chi connectivity index (χ1n) is 9.52.